The van der Waals surface area contributed by atoms with Gasteiger partial charge in [-0.2, -0.15) is 0 Å². The molecule has 1 aromatic heterocycles. The maximum Gasteiger partial charge on any atom is 0.219 e. The van der Waals surface area contributed by atoms with Crippen molar-refractivity contribution in [2.45, 2.75) is 25.8 Å². The molecule has 24 heavy (non-hydrogen) atoms. The van der Waals surface area contributed by atoms with Gasteiger partial charge in [-0.1, -0.05) is 48.0 Å². The molecule has 0 fully saturated rings. The van der Waals surface area contributed by atoms with Gasteiger partial charge in [0.15, 0.2) is 0 Å². The normalized spacial score (nSPS) is 10.9. The number of para-hydroxylation sites is 1. The Kier molecular flexibility index (Phi) is 5.21. The highest BCUT2D eigenvalue weighted by atomic mass is 35.5. The molecule has 0 radical (unpaired) electrons. The molecule has 0 atom stereocenters. The van der Waals surface area contributed by atoms with Gasteiger partial charge < -0.3 is 9.88 Å². The summed E-state index contributed by atoms with van der Waals surface area (Å²) >= 11 is 6.31. The Balaban J connectivity index is 1.86. The van der Waals surface area contributed by atoms with Gasteiger partial charge in [0.25, 0.3) is 0 Å². The number of fused-ring (bicyclic) bond motifs is 1. The minimum absolute atomic E-state index is 0.0924. The van der Waals surface area contributed by atoms with E-state index in [0.29, 0.717) is 6.42 Å². The molecule has 1 heterocycles. The second-order valence-electron chi connectivity index (χ2n) is 5.92. The monoisotopic (exact) mass is 340 g/mol. The van der Waals surface area contributed by atoms with Crippen LogP contribution in [0.3, 0.4) is 0 Å². The van der Waals surface area contributed by atoms with Crippen LogP contribution in [0.1, 0.15) is 24.0 Å². The predicted molar refractivity (Wildman–Crippen MR) is 99.5 cm³/mol. The fourth-order valence-electron chi connectivity index (χ4n) is 3.03. The van der Waals surface area contributed by atoms with Crippen LogP contribution in [-0.2, 0) is 17.8 Å². The number of hydrogen-bond donors (Lipinski definition) is 1. The first kappa shape index (κ1) is 16.6. The van der Waals surface area contributed by atoms with Crippen LogP contribution in [0, 0.1) is 0 Å². The lowest BCUT2D eigenvalue weighted by molar-refractivity contribution is -0.120. The number of nitrogens with zero attached hydrogens (tertiary/aromatic N) is 1. The van der Waals surface area contributed by atoms with Crippen LogP contribution in [0.2, 0.25) is 5.02 Å². The number of hydrogen-bond acceptors (Lipinski definition) is 1. The van der Waals surface area contributed by atoms with Gasteiger partial charge >= 0.3 is 0 Å². The Morgan fingerprint density at radius 2 is 1.83 bits per heavy atom. The van der Waals surface area contributed by atoms with Crippen LogP contribution in [-0.4, -0.2) is 17.5 Å². The van der Waals surface area contributed by atoms with Crippen LogP contribution in [0.15, 0.2) is 54.7 Å². The number of rotatable bonds is 6. The highest BCUT2D eigenvalue weighted by Crippen LogP contribution is 2.25. The molecule has 0 spiro atoms. The Morgan fingerprint density at radius 3 is 2.62 bits per heavy atom. The van der Waals surface area contributed by atoms with E-state index in [1.807, 2.05) is 18.2 Å². The van der Waals surface area contributed by atoms with Crippen molar-refractivity contribution in [2.75, 3.05) is 7.05 Å². The number of nitrogens with one attached hydrogen (secondary N) is 1. The molecule has 0 aliphatic heterocycles. The van der Waals surface area contributed by atoms with Crippen molar-refractivity contribution in [1.82, 2.24) is 9.88 Å². The van der Waals surface area contributed by atoms with Crippen molar-refractivity contribution in [3.8, 4) is 0 Å². The van der Waals surface area contributed by atoms with Crippen molar-refractivity contribution in [2.24, 2.45) is 0 Å². The summed E-state index contributed by atoms with van der Waals surface area (Å²) in [5, 5.41) is 4.71. The highest BCUT2D eigenvalue weighted by Gasteiger charge is 2.10. The van der Waals surface area contributed by atoms with Gasteiger partial charge in [0.05, 0.1) is 0 Å². The van der Waals surface area contributed by atoms with E-state index in [-0.39, 0.29) is 5.91 Å². The molecule has 0 saturated carbocycles. The maximum atomic E-state index is 11.4. The number of benzene rings is 2. The Labute approximate surface area is 147 Å². The number of halogens is 1. The lowest BCUT2D eigenvalue weighted by Gasteiger charge is -2.07. The lowest BCUT2D eigenvalue weighted by atomic mass is 10.1. The zero-order valence-electron chi connectivity index (χ0n) is 13.8. The van der Waals surface area contributed by atoms with Gasteiger partial charge in [0.1, 0.15) is 0 Å². The summed E-state index contributed by atoms with van der Waals surface area (Å²) in [6, 6.07) is 16.3. The summed E-state index contributed by atoms with van der Waals surface area (Å²) in [7, 11) is 1.68. The van der Waals surface area contributed by atoms with Crippen LogP contribution >= 0.6 is 11.6 Å². The first-order valence-corrected chi connectivity index (χ1v) is 8.57. The molecule has 3 nitrogen and oxygen atoms in total. The number of carbonyl (C=O) groups excluding carboxylic acids is 1. The van der Waals surface area contributed by atoms with Crippen molar-refractivity contribution in [1.29, 1.82) is 0 Å². The summed E-state index contributed by atoms with van der Waals surface area (Å²) in [6.45, 7) is 0.746. The Bertz CT molecular complexity index is 854. The fraction of sp³-hybridized carbons (Fsp3) is 0.250. The van der Waals surface area contributed by atoms with E-state index in [0.717, 1.165) is 30.0 Å². The molecule has 1 N–H and O–H groups in total. The number of aryl methyl sites for hydroxylation is 1. The first-order valence-electron chi connectivity index (χ1n) is 8.20. The summed E-state index contributed by atoms with van der Waals surface area (Å²) in [5.41, 5.74) is 3.59. The van der Waals surface area contributed by atoms with Crippen molar-refractivity contribution in [3.63, 3.8) is 0 Å². The fourth-order valence-corrected chi connectivity index (χ4v) is 3.22. The molecule has 3 rings (SSSR count). The molecular weight excluding hydrogens is 320 g/mol. The smallest absolute Gasteiger partial charge is 0.219 e. The van der Waals surface area contributed by atoms with E-state index in [1.54, 1.807) is 7.05 Å². The molecule has 3 aromatic rings. The second kappa shape index (κ2) is 7.54. The van der Waals surface area contributed by atoms with Gasteiger partial charge in [-0.25, -0.2) is 0 Å². The van der Waals surface area contributed by atoms with Crippen molar-refractivity contribution < 1.29 is 4.79 Å². The van der Waals surface area contributed by atoms with Crippen LogP contribution < -0.4 is 5.32 Å². The predicted octanol–water partition coefficient (Wildman–Crippen LogP) is 4.41. The first-order chi connectivity index (χ1) is 11.7. The van der Waals surface area contributed by atoms with E-state index in [1.165, 1.54) is 16.5 Å². The van der Waals surface area contributed by atoms with E-state index >= 15 is 0 Å². The molecule has 0 bridgehead atoms. The third kappa shape index (κ3) is 3.62. The second-order valence-corrected chi connectivity index (χ2v) is 6.32. The van der Waals surface area contributed by atoms with Crippen LogP contribution in [0.5, 0.6) is 0 Å². The topological polar surface area (TPSA) is 34.0 Å². The maximum absolute atomic E-state index is 11.4. The molecule has 2 aromatic carbocycles. The summed E-state index contributed by atoms with van der Waals surface area (Å²) in [4.78, 5) is 11.4. The molecule has 0 unspecified atom stereocenters. The van der Waals surface area contributed by atoms with Gasteiger partial charge in [0, 0.05) is 42.1 Å². The average molecular weight is 341 g/mol. The van der Waals surface area contributed by atoms with Crippen LogP contribution in [0.4, 0.5) is 0 Å². The molecule has 4 heteroatoms. The standard InChI is InChI=1S/C20H21ClN2O/c1-22-20(24)12-6-8-15-13-23(19-11-5-3-9-17(15)19)14-16-7-2-4-10-18(16)21/h2-5,7,9-11,13H,6,8,12,14H2,1H3,(H,22,24). The number of carbonyl (C=O) groups is 1. The summed E-state index contributed by atoms with van der Waals surface area (Å²) < 4.78 is 2.24. The molecule has 0 aliphatic rings. The summed E-state index contributed by atoms with van der Waals surface area (Å²) in [6.07, 6.45) is 4.49. The van der Waals surface area contributed by atoms with E-state index in [4.69, 9.17) is 11.6 Å². The minimum atomic E-state index is 0.0924. The molecular formula is C20H21ClN2O. The van der Waals surface area contributed by atoms with Gasteiger partial charge in [0.2, 0.25) is 5.91 Å². The van der Waals surface area contributed by atoms with Gasteiger partial charge in [-0.05, 0) is 36.1 Å². The third-order valence-electron chi connectivity index (χ3n) is 4.30. The number of aromatic nitrogens is 1. The Hall–Kier alpha value is -2.26. The van der Waals surface area contributed by atoms with Crippen molar-refractivity contribution in [3.05, 3.63) is 70.9 Å². The number of amides is 1. The quantitative estimate of drug-likeness (QED) is 0.708. The third-order valence-corrected chi connectivity index (χ3v) is 4.67. The van der Waals surface area contributed by atoms with E-state index < -0.39 is 0 Å². The minimum Gasteiger partial charge on any atom is -0.359 e. The zero-order valence-corrected chi connectivity index (χ0v) is 14.5. The van der Waals surface area contributed by atoms with E-state index in [2.05, 4.69) is 46.4 Å². The molecule has 0 aliphatic carbocycles. The zero-order chi connectivity index (χ0) is 16.9. The van der Waals surface area contributed by atoms with E-state index in [9.17, 15) is 4.79 Å². The SMILES string of the molecule is CNC(=O)CCCc1cn(Cc2ccccc2Cl)c2ccccc12. The summed E-state index contributed by atoms with van der Waals surface area (Å²) in [5.74, 6) is 0.0924. The highest BCUT2D eigenvalue weighted by molar-refractivity contribution is 6.31. The lowest BCUT2D eigenvalue weighted by Crippen LogP contribution is -2.17. The molecule has 1 amide bonds. The largest absolute Gasteiger partial charge is 0.359 e. The van der Waals surface area contributed by atoms with Gasteiger partial charge in [-0.3, -0.25) is 4.79 Å². The average Bonchev–Trinajstić information content (AvgIpc) is 2.95. The molecule has 124 valence electrons. The molecule has 0 saturated heterocycles. The van der Waals surface area contributed by atoms with Crippen molar-refractivity contribution >= 4 is 28.4 Å². The van der Waals surface area contributed by atoms with Gasteiger partial charge in [-0.15, -0.1) is 0 Å². The Morgan fingerprint density at radius 1 is 1.08 bits per heavy atom. The van der Waals surface area contributed by atoms with Crippen LogP contribution in [0.25, 0.3) is 10.9 Å².